The molecular formula is C4H10NO3PS2. The fourth-order valence-corrected chi connectivity index (χ4v) is 2.93. The fraction of sp³-hybridized carbons (Fsp3) is 0.750. The molecule has 0 radical (unpaired) electrons. The third kappa shape index (κ3) is 4.76. The van der Waals surface area contributed by atoms with Gasteiger partial charge in [-0.2, -0.15) is 0 Å². The van der Waals surface area contributed by atoms with Crippen LogP contribution in [-0.2, 0) is 25.6 Å². The molecule has 0 aliphatic heterocycles. The van der Waals surface area contributed by atoms with E-state index in [1.165, 1.54) is 14.2 Å². The van der Waals surface area contributed by atoms with Gasteiger partial charge in [-0.3, -0.25) is 4.79 Å². The number of carbonyl (C=O) groups is 1. The molecule has 0 rings (SSSR count). The Morgan fingerprint density at radius 1 is 1.64 bits per heavy atom. The van der Waals surface area contributed by atoms with Crippen molar-refractivity contribution in [2.75, 3.05) is 20.0 Å². The van der Waals surface area contributed by atoms with E-state index in [0.29, 0.717) is 0 Å². The number of rotatable bonds is 5. The first-order valence-electron chi connectivity index (χ1n) is 2.68. The summed E-state index contributed by atoms with van der Waals surface area (Å²) in [6, 6.07) is 0. The SMILES string of the molecule is COP(=S)(OC)SCC(N)=O. The van der Waals surface area contributed by atoms with Crippen LogP contribution in [0.2, 0.25) is 0 Å². The number of nitrogens with two attached hydrogens (primary N) is 1. The molecule has 1 amide bonds. The highest BCUT2D eigenvalue weighted by atomic mass is 32.9. The molecule has 0 saturated carbocycles. The predicted octanol–water partition coefficient (Wildman–Crippen LogP) is 0.722. The summed E-state index contributed by atoms with van der Waals surface area (Å²) in [4.78, 5) is 10.3. The summed E-state index contributed by atoms with van der Waals surface area (Å²) in [5.74, 6) is -0.280. The molecule has 2 N–H and O–H groups in total. The molecule has 0 spiro atoms. The molecule has 0 fully saturated rings. The molecular weight excluding hydrogens is 205 g/mol. The highest BCUT2D eigenvalue weighted by molar-refractivity contribution is 8.68. The van der Waals surface area contributed by atoms with Crippen molar-refractivity contribution in [1.82, 2.24) is 0 Å². The molecule has 11 heavy (non-hydrogen) atoms. The molecule has 0 aliphatic rings. The lowest BCUT2D eigenvalue weighted by atomic mass is 10.8. The van der Waals surface area contributed by atoms with E-state index in [-0.39, 0.29) is 5.75 Å². The molecule has 0 aromatic rings. The number of carbonyl (C=O) groups excluding carboxylic acids is 1. The van der Waals surface area contributed by atoms with E-state index in [1.807, 2.05) is 0 Å². The Kier molecular flexibility index (Phi) is 5.29. The molecule has 66 valence electrons. The first kappa shape index (κ1) is 11.4. The van der Waals surface area contributed by atoms with Crippen LogP contribution in [0, 0.1) is 0 Å². The first-order valence-corrected chi connectivity index (χ1v) is 6.91. The minimum atomic E-state index is -2.29. The molecule has 0 heterocycles. The Bertz CT molecular complexity index is 178. The average molecular weight is 215 g/mol. The maximum absolute atomic E-state index is 10.3. The summed E-state index contributed by atoms with van der Waals surface area (Å²) < 4.78 is 9.79. The van der Waals surface area contributed by atoms with Crippen molar-refractivity contribution in [2.24, 2.45) is 5.73 Å². The predicted molar refractivity (Wildman–Crippen MR) is 50.0 cm³/mol. The Labute approximate surface area is 74.7 Å². The van der Waals surface area contributed by atoms with Crippen molar-refractivity contribution in [3.05, 3.63) is 0 Å². The van der Waals surface area contributed by atoms with Gasteiger partial charge in [0.05, 0.1) is 5.75 Å². The minimum absolute atomic E-state index is 0.138. The number of hydrogen-bond acceptors (Lipinski definition) is 5. The van der Waals surface area contributed by atoms with Crippen LogP contribution in [0.15, 0.2) is 0 Å². The second kappa shape index (κ2) is 5.11. The van der Waals surface area contributed by atoms with Crippen LogP contribution in [0.3, 0.4) is 0 Å². The fourth-order valence-electron chi connectivity index (χ4n) is 0.323. The highest BCUT2D eigenvalue weighted by Gasteiger charge is 2.16. The van der Waals surface area contributed by atoms with E-state index >= 15 is 0 Å². The van der Waals surface area contributed by atoms with Crippen LogP contribution in [0.4, 0.5) is 0 Å². The molecule has 0 aromatic heterocycles. The Hall–Kier alpha value is 0.390. The van der Waals surface area contributed by atoms with Gasteiger partial charge in [-0.25, -0.2) is 0 Å². The van der Waals surface area contributed by atoms with Gasteiger partial charge in [0.2, 0.25) is 11.6 Å². The van der Waals surface area contributed by atoms with E-state index < -0.39 is 11.6 Å². The van der Waals surface area contributed by atoms with Gasteiger partial charge in [-0.05, 0) is 11.8 Å². The van der Waals surface area contributed by atoms with Crippen molar-refractivity contribution in [3.8, 4) is 0 Å². The van der Waals surface area contributed by atoms with Crippen LogP contribution in [0.25, 0.3) is 0 Å². The molecule has 0 aromatic carbocycles. The summed E-state index contributed by atoms with van der Waals surface area (Å²) in [5.41, 5.74) is 2.62. The molecule has 4 nitrogen and oxygen atoms in total. The average Bonchev–Trinajstić information content (AvgIpc) is 2.00. The van der Waals surface area contributed by atoms with Gasteiger partial charge in [0.15, 0.2) is 0 Å². The van der Waals surface area contributed by atoms with Crippen molar-refractivity contribution in [1.29, 1.82) is 0 Å². The highest BCUT2D eigenvalue weighted by Crippen LogP contribution is 2.59. The maximum atomic E-state index is 10.3. The van der Waals surface area contributed by atoms with Crippen molar-refractivity contribution < 1.29 is 13.8 Å². The van der Waals surface area contributed by atoms with Gasteiger partial charge < -0.3 is 14.8 Å². The smallest absolute Gasteiger partial charge is 0.247 e. The zero-order chi connectivity index (χ0) is 8.91. The molecule has 0 aliphatic carbocycles. The third-order valence-corrected chi connectivity index (χ3v) is 6.51. The lowest BCUT2D eigenvalue weighted by Crippen LogP contribution is -2.13. The number of hydrogen-bond donors (Lipinski definition) is 1. The standard InChI is InChI=1S/C4H10NO3PS2/c1-7-9(10,8-2)11-3-4(5)6/h3H2,1-2H3,(H2,5,6). The summed E-state index contributed by atoms with van der Waals surface area (Å²) >= 11 is 6.08. The number of amides is 1. The van der Waals surface area contributed by atoms with E-state index in [2.05, 4.69) is 0 Å². The summed E-state index contributed by atoms with van der Waals surface area (Å²) in [6.45, 7) is 0. The molecule has 0 bridgehead atoms. The minimum Gasteiger partial charge on any atom is -0.369 e. The Morgan fingerprint density at radius 2 is 2.09 bits per heavy atom. The van der Waals surface area contributed by atoms with Crippen molar-refractivity contribution in [2.45, 2.75) is 0 Å². The van der Waals surface area contributed by atoms with Gasteiger partial charge in [0.1, 0.15) is 0 Å². The lowest BCUT2D eigenvalue weighted by molar-refractivity contribution is -0.115. The van der Waals surface area contributed by atoms with E-state index in [4.69, 9.17) is 26.6 Å². The largest absolute Gasteiger partial charge is 0.369 e. The lowest BCUT2D eigenvalue weighted by Gasteiger charge is -2.14. The summed E-state index contributed by atoms with van der Waals surface area (Å²) in [7, 11) is 2.91. The maximum Gasteiger partial charge on any atom is 0.247 e. The zero-order valence-corrected chi connectivity index (χ0v) is 8.80. The second-order valence-corrected chi connectivity index (χ2v) is 8.08. The van der Waals surface area contributed by atoms with Gasteiger partial charge >= 0.3 is 0 Å². The second-order valence-electron chi connectivity index (χ2n) is 1.55. The van der Waals surface area contributed by atoms with E-state index in [0.717, 1.165) is 11.4 Å². The number of primary amides is 1. The summed E-state index contributed by atoms with van der Waals surface area (Å²) in [5, 5.41) is 0. The van der Waals surface area contributed by atoms with Crippen LogP contribution >= 0.6 is 17.1 Å². The first-order chi connectivity index (χ1) is 5.04. The van der Waals surface area contributed by atoms with Gasteiger partial charge in [0, 0.05) is 14.2 Å². The van der Waals surface area contributed by atoms with Crippen LogP contribution in [0.1, 0.15) is 0 Å². The Balaban J connectivity index is 3.89. The van der Waals surface area contributed by atoms with Gasteiger partial charge in [0.25, 0.3) is 0 Å². The van der Waals surface area contributed by atoms with Crippen molar-refractivity contribution in [3.63, 3.8) is 0 Å². The van der Waals surface area contributed by atoms with E-state index in [1.54, 1.807) is 0 Å². The van der Waals surface area contributed by atoms with Gasteiger partial charge in [-0.1, -0.05) is 11.4 Å². The van der Waals surface area contributed by atoms with Gasteiger partial charge in [-0.15, -0.1) is 0 Å². The summed E-state index contributed by atoms with van der Waals surface area (Å²) in [6.07, 6.45) is 0. The van der Waals surface area contributed by atoms with Crippen molar-refractivity contribution >= 4 is 34.8 Å². The van der Waals surface area contributed by atoms with E-state index in [9.17, 15) is 4.79 Å². The topological polar surface area (TPSA) is 61.6 Å². The van der Waals surface area contributed by atoms with Crippen LogP contribution in [0.5, 0.6) is 0 Å². The quantitative estimate of drug-likeness (QED) is 0.685. The molecule has 0 atom stereocenters. The molecule has 0 unspecified atom stereocenters. The normalized spacial score (nSPS) is 11.5. The monoisotopic (exact) mass is 215 g/mol. The van der Waals surface area contributed by atoms with Crippen LogP contribution in [-0.4, -0.2) is 25.9 Å². The molecule has 0 saturated heterocycles. The molecule has 7 heteroatoms. The zero-order valence-electron chi connectivity index (χ0n) is 6.27. The third-order valence-electron chi connectivity index (χ3n) is 0.812. The Morgan fingerprint density at radius 3 is 2.36 bits per heavy atom. The van der Waals surface area contributed by atoms with Crippen LogP contribution < -0.4 is 5.73 Å².